The van der Waals surface area contributed by atoms with Crippen LogP contribution in [-0.2, 0) is 23.6 Å². The Bertz CT molecular complexity index is 1470. The van der Waals surface area contributed by atoms with Gasteiger partial charge in [0.25, 0.3) is 5.91 Å². The molecule has 0 spiro atoms. The lowest BCUT2D eigenvalue weighted by molar-refractivity contribution is -0.138. The third-order valence-electron chi connectivity index (χ3n) is 6.47. The smallest absolute Gasteiger partial charge is 0.305 e. The molecule has 37 heavy (non-hydrogen) atoms. The molecule has 0 aromatic heterocycles. The maximum absolute atomic E-state index is 13.5. The summed E-state index contributed by atoms with van der Waals surface area (Å²) < 4.78 is 79.2. The average Bonchev–Trinajstić information content (AvgIpc) is 3.12. The second-order valence-corrected chi connectivity index (χ2v) is 9.00. The van der Waals surface area contributed by atoms with E-state index >= 15 is 0 Å². The number of hydrogen-bond donors (Lipinski definition) is 0. The van der Waals surface area contributed by atoms with Gasteiger partial charge in [-0.25, -0.2) is 0 Å². The van der Waals surface area contributed by atoms with Crippen LogP contribution in [0.2, 0.25) is 0 Å². The summed E-state index contributed by atoms with van der Waals surface area (Å²) in [5.74, 6) is -0.472. The number of rotatable bonds is 2. The molecule has 1 fully saturated rings. The summed E-state index contributed by atoms with van der Waals surface area (Å²) in [6, 6.07) is 13.8. The van der Waals surface area contributed by atoms with Crippen LogP contribution < -0.4 is 9.80 Å². The summed E-state index contributed by atoms with van der Waals surface area (Å²) in [5.41, 5.74) is 0.118. The van der Waals surface area contributed by atoms with Gasteiger partial charge in [-0.2, -0.15) is 31.6 Å². The molecule has 0 saturated carbocycles. The molecule has 0 bridgehead atoms. The van der Waals surface area contributed by atoms with E-state index in [-0.39, 0.29) is 10.8 Å². The number of amides is 1. The van der Waals surface area contributed by atoms with Crippen LogP contribution in [0.1, 0.15) is 28.7 Å². The summed E-state index contributed by atoms with van der Waals surface area (Å²) in [6.45, 7) is 0. The molecule has 2 aliphatic heterocycles. The average molecular weight is 531 g/mol. The molecule has 0 aliphatic carbocycles. The Kier molecular flexibility index (Phi) is 5.75. The zero-order valence-corrected chi connectivity index (χ0v) is 19.5. The number of nitrogens with zero attached hydrogens (tertiary/aromatic N) is 3. The molecule has 4 nitrogen and oxygen atoms in total. The molecule has 3 aromatic rings. The van der Waals surface area contributed by atoms with Crippen molar-refractivity contribution in [1.82, 2.24) is 0 Å². The number of halogens is 6. The van der Waals surface area contributed by atoms with E-state index in [4.69, 9.17) is 17.5 Å². The van der Waals surface area contributed by atoms with Gasteiger partial charge in [-0.05, 0) is 84.2 Å². The van der Waals surface area contributed by atoms with Crippen molar-refractivity contribution < 1.29 is 31.1 Å². The summed E-state index contributed by atoms with van der Waals surface area (Å²) in [5, 5.41) is 9.07. The third-order valence-corrected chi connectivity index (χ3v) is 6.85. The Morgan fingerprint density at radius 3 is 2.19 bits per heavy atom. The van der Waals surface area contributed by atoms with Gasteiger partial charge in [0.15, 0.2) is 5.11 Å². The minimum Gasteiger partial charge on any atom is -0.305 e. The number of alkyl halides is 6. The molecule has 2 heterocycles. The van der Waals surface area contributed by atoms with Gasteiger partial charge in [0, 0.05) is 5.69 Å². The fourth-order valence-corrected chi connectivity index (χ4v) is 5.12. The maximum atomic E-state index is 13.5. The van der Waals surface area contributed by atoms with Gasteiger partial charge in [0.2, 0.25) is 0 Å². The van der Waals surface area contributed by atoms with Crippen LogP contribution in [0.15, 0.2) is 60.7 Å². The van der Waals surface area contributed by atoms with Crippen molar-refractivity contribution in [3.05, 3.63) is 82.9 Å². The van der Waals surface area contributed by atoms with Gasteiger partial charge in [-0.15, -0.1) is 0 Å². The minimum absolute atomic E-state index is 0.0102. The molecule has 11 heteroatoms. The standard InChI is InChI=1S/C26H15F6N3OS/c27-25(28,29)18-6-1-14(2-7-18)15-4-9-21-16(11-15)5-10-22-23(36)34(24(37)35(21)22)19-8-3-17(13-33)20(12-19)26(30,31)32/h1-4,6-9,11-12,22H,5,10H2. The molecule has 2 aliphatic rings. The molecule has 0 N–H and O–H groups in total. The van der Waals surface area contributed by atoms with Crippen LogP contribution in [0, 0.1) is 11.3 Å². The quantitative estimate of drug-likeness (QED) is 0.272. The first-order valence-electron chi connectivity index (χ1n) is 11.0. The first-order chi connectivity index (χ1) is 17.4. The molecule has 1 unspecified atom stereocenters. The summed E-state index contributed by atoms with van der Waals surface area (Å²) in [4.78, 5) is 15.9. The first kappa shape index (κ1) is 24.8. The second-order valence-electron chi connectivity index (χ2n) is 8.64. The topological polar surface area (TPSA) is 47.3 Å². The number of fused-ring (bicyclic) bond motifs is 3. The van der Waals surface area contributed by atoms with E-state index < -0.39 is 41.0 Å². The van der Waals surface area contributed by atoms with Crippen molar-refractivity contribution in [1.29, 1.82) is 5.26 Å². The van der Waals surface area contributed by atoms with E-state index in [1.54, 1.807) is 17.0 Å². The van der Waals surface area contributed by atoms with Gasteiger partial charge in [-0.1, -0.05) is 18.2 Å². The van der Waals surface area contributed by atoms with Crippen molar-refractivity contribution in [2.75, 3.05) is 9.80 Å². The molecule has 1 atom stereocenters. The van der Waals surface area contributed by atoms with Gasteiger partial charge in [0.05, 0.1) is 28.4 Å². The van der Waals surface area contributed by atoms with Crippen LogP contribution in [0.3, 0.4) is 0 Å². The van der Waals surface area contributed by atoms with E-state index in [2.05, 4.69) is 0 Å². The second kappa shape index (κ2) is 8.59. The molecular formula is C26H15F6N3OS. The Labute approximate surface area is 212 Å². The summed E-state index contributed by atoms with van der Waals surface area (Å²) in [7, 11) is 0. The van der Waals surface area contributed by atoms with Crippen LogP contribution in [-0.4, -0.2) is 17.1 Å². The summed E-state index contributed by atoms with van der Waals surface area (Å²) >= 11 is 5.53. The highest BCUT2D eigenvalue weighted by molar-refractivity contribution is 7.81. The lowest BCUT2D eigenvalue weighted by Crippen LogP contribution is -2.39. The molecule has 3 aromatic carbocycles. The van der Waals surface area contributed by atoms with E-state index in [0.717, 1.165) is 34.7 Å². The van der Waals surface area contributed by atoms with E-state index in [1.165, 1.54) is 24.3 Å². The van der Waals surface area contributed by atoms with Gasteiger partial charge in [-0.3, -0.25) is 9.69 Å². The van der Waals surface area contributed by atoms with E-state index in [1.807, 2.05) is 6.07 Å². The Balaban J connectivity index is 1.49. The zero-order chi connectivity index (χ0) is 26.7. The van der Waals surface area contributed by atoms with Crippen molar-refractivity contribution in [3.63, 3.8) is 0 Å². The van der Waals surface area contributed by atoms with Crippen LogP contribution in [0.25, 0.3) is 11.1 Å². The highest BCUT2D eigenvalue weighted by Gasteiger charge is 2.47. The molecule has 188 valence electrons. The highest BCUT2D eigenvalue weighted by Crippen LogP contribution is 2.41. The van der Waals surface area contributed by atoms with Crippen molar-refractivity contribution >= 4 is 34.6 Å². The molecular weight excluding hydrogens is 516 g/mol. The third kappa shape index (κ3) is 4.21. The van der Waals surface area contributed by atoms with Crippen LogP contribution in [0.4, 0.5) is 37.7 Å². The number of carbonyl (C=O) groups is 1. The number of anilines is 2. The number of carbonyl (C=O) groups excluding carboxylic acids is 1. The van der Waals surface area contributed by atoms with Crippen molar-refractivity contribution in [2.45, 2.75) is 31.2 Å². The van der Waals surface area contributed by atoms with Crippen LogP contribution in [0.5, 0.6) is 0 Å². The van der Waals surface area contributed by atoms with Crippen molar-refractivity contribution in [3.8, 4) is 17.2 Å². The SMILES string of the molecule is N#Cc1ccc(N2C(=O)C3CCc4cc(-c5ccc(C(F)(F)F)cc5)ccc4N3C2=S)cc1C(F)(F)F. The molecule has 1 saturated heterocycles. The zero-order valence-electron chi connectivity index (χ0n) is 18.7. The maximum Gasteiger partial charge on any atom is 0.417 e. The number of nitriles is 1. The summed E-state index contributed by atoms with van der Waals surface area (Å²) in [6.07, 6.45) is -8.42. The van der Waals surface area contributed by atoms with Crippen molar-refractivity contribution in [2.24, 2.45) is 0 Å². The Hall–Kier alpha value is -3.91. The normalized spacial score (nSPS) is 17.5. The number of aryl methyl sites for hydroxylation is 1. The fraction of sp³-hybridized carbons (Fsp3) is 0.192. The monoisotopic (exact) mass is 531 g/mol. The molecule has 5 rings (SSSR count). The number of hydrogen-bond acceptors (Lipinski definition) is 3. The van der Waals surface area contributed by atoms with Gasteiger partial charge in [0.1, 0.15) is 6.04 Å². The molecule has 0 radical (unpaired) electrons. The number of thiocarbonyl (C=S) groups is 1. The number of benzene rings is 3. The lowest BCUT2D eigenvalue weighted by Gasteiger charge is -2.31. The lowest BCUT2D eigenvalue weighted by atomic mass is 9.93. The fourth-order valence-electron chi connectivity index (χ4n) is 4.70. The van der Waals surface area contributed by atoms with Crippen LogP contribution >= 0.6 is 12.2 Å². The van der Waals surface area contributed by atoms with E-state index in [9.17, 15) is 31.1 Å². The molecule has 1 amide bonds. The predicted molar refractivity (Wildman–Crippen MR) is 128 cm³/mol. The predicted octanol–water partition coefficient (Wildman–Crippen LogP) is 6.72. The van der Waals surface area contributed by atoms with Gasteiger partial charge < -0.3 is 4.90 Å². The first-order valence-corrected chi connectivity index (χ1v) is 11.4. The van der Waals surface area contributed by atoms with Gasteiger partial charge >= 0.3 is 12.4 Å². The minimum atomic E-state index is -4.79. The Morgan fingerprint density at radius 2 is 1.57 bits per heavy atom. The Morgan fingerprint density at radius 1 is 0.892 bits per heavy atom. The van der Waals surface area contributed by atoms with E-state index in [0.29, 0.717) is 29.7 Å². The largest absolute Gasteiger partial charge is 0.417 e. The highest BCUT2D eigenvalue weighted by atomic mass is 32.1.